The molecule has 2 aliphatic carbocycles. The summed E-state index contributed by atoms with van der Waals surface area (Å²) < 4.78 is 36.8. The molecule has 0 saturated heterocycles. The van der Waals surface area contributed by atoms with Gasteiger partial charge in [-0.3, -0.25) is 9.59 Å². The highest BCUT2D eigenvalue weighted by atomic mass is 16.6. The van der Waals surface area contributed by atoms with Gasteiger partial charge in [-0.1, -0.05) is 38.2 Å². The minimum absolute atomic E-state index is 0.00943. The van der Waals surface area contributed by atoms with E-state index in [0.29, 0.717) is 51.6 Å². The van der Waals surface area contributed by atoms with Gasteiger partial charge in [0, 0.05) is 18.4 Å². The van der Waals surface area contributed by atoms with Crippen LogP contribution in [-0.4, -0.2) is 102 Å². The van der Waals surface area contributed by atoms with Crippen LogP contribution in [0.4, 0.5) is 0 Å². The summed E-state index contributed by atoms with van der Waals surface area (Å²) in [6.45, 7) is 12.0. The number of hydrogen-bond acceptors (Lipinski definition) is 11. The van der Waals surface area contributed by atoms with Crippen molar-refractivity contribution in [1.82, 2.24) is 0 Å². The number of carbonyl (C=O) groups excluding carboxylic acids is 3. The van der Waals surface area contributed by atoms with Crippen molar-refractivity contribution in [3.8, 4) is 0 Å². The molecule has 0 unspecified atom stereocenters. The lowest BCUT2D eigenvalue weighted by Gasteiger charge is -2.59. The van der Waals surface area contributed by atoms with Crippen LogP contribution in [0.2, 0.25) is 0 Å². The average Bonchev–Trinajstić information content (AvgIpc) is 3.41. The van der Waals surface area contributed by atoms with E-state index in [9.17, 15) is 19.5 Å². The van der Waals surface area contributed by atoms with Crippen LogP contribution < -0.4 is 0 Å². The van der Waals surface area contributed by atoms with Crippen LogP contribution in [0.3, 0.4) is 0 Å². The Balaban J connectivity index is 1.38. The minimum Gasteiger partial charge on any atom is -0.465 e. The number of aliphatic hydroxyl groups is 1. The highest BCUT2D eigenvalue weighted by Gasteiger charge is 2.57. The molecule has 11 heteroatoms. The molecule has 5 atom stereocenters. The van der Waals surface area contributed by atoms with E-state index in [1.165, 1.54) is 0 Å². The second-order valence-electron chi connectivity index (χ2n) is 12.1. The predicted octanol–water partition coefficient (Wildman–Crippen LogP) is 3.34. The quantitative estimate of drug-likeness (QED) is 0.0983. The number of carbonyl (C=O) groups is 3. The second kappa shape index (κ2) is 17.8. The Morgan fingerprint density at radius 1 is 0.977 bits per heavy atom. The van der Waals surface area contributed by atoms with Gasteiger partial charge in [0.25, 0.3) is 0 Å². The number of cyclic esters (lactones) is 1. The van der Waals surface area contributed by atoms with Gasteiger partial charge in [-0.15, -0.1) is 0 Å². The van der Waals surface area contributed by atoms with Crippen molar-refractivity contribution in [2.75, 3.05) is 73.2 Å². The Bertz CT molecular complexity index is 1040. The smallest absolute Gasteiger partial charge is 0.338 e. The summed E-state index contributed by atoms with van der Waals surface area (Å²) in [6, 6.07) is 0. The van der Waals surface area contributed by atoms with Gasteiger partial charge < -0.3 is 38.3 Å². The maximum Gasteiger partial charge on any atom is 0.338 e. The van der Waals surface area contributed by atoms with E-state index in [-0.39, 0.29) is 62.5 Å². The first-order chi connectivity index (χ1) is 21.1. The Kier molecular flexibility index (Phi) is 14.5. The lowest BCUT2D eigenvalue weighted by Crippen LogP contribution is -2.57. The molecule has 0 aromatic carbocycles. The zero-order valence-electron chi connectivity index (χ0n) is 26.5. The predicted molar refractivity (Wildman–Crippen MR) is 160 cm³/mol. The third kappa shape index (κ3) is 9.97. The van der Waals surface area contributed by atoms with E-state index in [1.807, 2.05) is 19.1 Å². The first-order valence-electron chi connectivity index (χ1n) is 15.6. The summed E-state index contributed by atoms with van der Waals surface area (Å²) >= 11 is 0. The molecule has 0 amide bonds. The van der Waals surface area contributed by atoms with E-state index in [0.717, 1.165) is 24.8 Å². The van der Waals surface area contributed by atoms with Gasteiger partial charge in [0.15, 0.2) is 0 Å². The molecule has 0 aromatic heterocycles. The summed E-state index contributed by atoms with van der Waals surface area (Å²) in [5, 5.41) is 11.1. The minimum atomic E-state index is -0.667. The third-order valence-corrected chi connectivity index (χ3v) is 9.18. The van der Waals surface area contributed by atoms with Crippen LogP contribution in [0.5, 0.6) is 0 Å². The van der Waals surface area contributed by atoms with Crippen molar-refractivity contribution in [3.63, 3.8) is 0 Å². The molecule has 0 radical (unpaired) electrons. The zero-order chi connectivity index (χ0) is 32.0. The first kappa shape index (κ1) is 35.9. The van der Waals surface area contributed by atoms with E-state index < -0.39 is 23.5 Å². The van der Waals surface area contributed by atoms with Crippen molar-refractivity contribution >= 4 is 17.9 Å². The Hall–Kier alpha value is -2.57. The summed E-state index contributed by atoms with van der Waals surface area (Å²) in [5.74, 6) is -1.27. The zero-order valence-corrected chi connectivity index (χ0v) is 26.5. The number of aliphatic hydroxyl groups excluding tert-OH is 1. The van der Waals surface area contributed by atoms with Crippen LogP contribution >= 0.6 is 0 Å². The SMILES string of the molecule is C=C1CC[C@@H]2[C@](C)(COC(=O)CCC(=O)OCCOCCOCCOCCOC)[C@H](O)CC[C@@]2(C)[C@@H]1/C=C/C1=CCOC1=O. The number of allylic oxidation sites excluding steroid dienone is 2. The topological polar surface area (TPSA) is 136 Å². The second-order valence-corrected chi connectivity index (χ2v) is 12.1. The van der Waals surface area contributed by atoms with Gasteiger partial charge in [-0.05, 0) is 43.1 Å². The van der Waals surface area contributed by atoms with Crippen LogP contribution in [0, 0.1) is 22.7 Å². The Morgan fingerprint density at radius 3 is 2.20 bits per heavy atom. The molecule has 3 rings (SSSR count). The summed E-state index contributed by atoms with van der Waals surface area (Å²) in [6.07, 6.45) is 7.74. The molecular formula is C33H50O11. The fourth-order valence-corrected chi connectivity index (χ4v) is 6.67. The monoisotopic (exact) mass is 622 g/mol. The van der Waals surface area contributed by atoms with E-state index in [4.69, 9.17) is 33.2 Å². The van der Waals surface area contributed by atoms with Gasteiger partial charge in [-0.2, -0.15) is 0 Å². The molecule has 1 N–H and O–H groups in total. The van der Waals surface area contributed by atoms with E-state index >= 15 is 0 Å². The number of fused-ring (bicyclic) bond motifs is 1. The Labute approximate surface area is 260 Å². The fraction of sp³-hybridized carbons (Fsp3) is 0.727. The molecule has 11 nitrogen and oxygen atoms in total. The van der Waals surface area contributed by atoms with Gasteiger partial charge in [-0.25, -0.2) is 4.79 Å². The summed E-state index contributed by atoms with van der Waals surface area (Å²) in [7, 11) is 1.62. The number of esters is 3. The highest BCUT2D eigenvalue weighted by Crippen LogP contribution is 2.61. The van der Waals surface area contributed by atoms with Gasteiger partial charge in [0.1, 0.15) is 13.2 Å². The van der Waals surface area contributed by atoms with Crippen LogP contribution in [-0.2, 0) is 47.5 Å². The van der Waals surface area contributed by atoms with Crippen LogP contribution in [0.25, 0.3) is 0 Å². The van der Waals surface area contributed by atoms with E-state index in [2.05, 4.69) is 13.5 Å². The normalized spacial score (nSPS) is 28.5. The number of hydrogen-bond donors (Lipinski definition) is 1. The number of ether oxygens (including phenoxy) is 7. The lowest BCUT2D eigenvalue weighted by molar-refractivity contribution is -0.173. The molecule has 0 spiro atoms. The number of methoxy groups -OCH3 is 1. The van der Waals surface area contributed by atoms with Gasteiger partial charge in [0.05, 0.1) is 77.4 Å². The van der Waals surface area contributed by atoms with Crippen molar-refractivity contribution in [2.24, 2.45) is 22.7 Å². The maximum absolute atomic E-state index is 12.6. The molecule has 2 fully saturated rings. The van der Waals surface area contributed by atoms with Crippen LogP contribution in [0.1, 0.15) is 52.4 Å². The average molecular weight is 623 g/mol. The van der Waals surface area contributed by atoms with E-state index in [1.54, 1.807) is 13.2 Å². The molecule has 0 aromatic rings. The van der Waals surface area contributed by atoms with Crippen molar-refractivity contribution in [2.45, 2.75) is 58.5 Å². The first-order valence-corrected chi connectivity index (χ1v) is 15.6. The molecule has 2 saturated carbocycles. The number of rotatable bonds is 19. The molecule has 1 aliphatic heterocycles. The Morgan fingerprint density at radius 2 is 1.59 bits per heavy atom. The lowest BCUT2D eigenvalue weighted by atomic mass is 9.46. The molecule has 0 bridgehead atoms. The van der Waals surface area contributed by atoms with Crippen molar-refractivity contribution < 1.29 is 52.6 Å². The van der Waals surface area contributed by atoms with Crippen molar-refractivity contribution in [1.29, 1.82) is 0 Å². The summed E-state index contributed by atoms with van der Waals surface area (Å²) in [5.41, 5.74) is 0.744. The summed E-state index contributed by atoms with van der Waals surface area (Å²) in [4.78, 5) is 36.7. The standard InChI is InChI=1S/C33H50O11/c1-24-5-8-27-32(2,26(24)7-6-25-12-14-43-31(25)37)13-11-28(34)33(27,3)23-44-30(36)10-9-29(35)42-22-21-41-20-19-40-18-17-39-16-15-38-4/h6-7,12,26-28,34H,1,5,8-11,13-23H2,2-4H3/b7-6+/t26-,27+,28-,32+,33+/m1/s1. The third-order valence-electron chi connectivity index (χ3n) is 9.18. The molecule has 1 heterocycles. The van der Waals surface area contributed by atoms with Gasteiger partial charge >= 0.3 is 17.9 Å². The molecular weight excluding hydrogens is 572 g/mol. The fourth-order valence-electron chi connectivity index (χ4n) is 6.67. The molecule has 248 valence electrons. The molecule has 3 aliphatic rings. The van der Waals surface area contributed by atoms with Crippen molar-refractivity contribution in [3.05, 3.63) is 36.0 Å². The van der Waals surface area contributed by atoms with Gasteiger partial charge in [0.2, 0.25) is 0 Å². The largest absolute Gasteiger partial charge is 0.465 e. The van der Waals surface area contributed by atoms with Crippen LogP contribution in [0.15, 0.2) is 36.0 Å². The maximum atomic E-state index is 12.6. The highest BCUT2D eigenvalue weighted by molar-refractivity contribution is 5.93. The molecule has 44 heavy (non-hydrogen) atoms.